The van der Waals surface area contributed by atoms with Gasteiger partial charge in [0.15, 0.2) is 0 Å². The number of hydrogen-bond donors (Lipinski definition) is 2. The van der Waals surface area contributed by atoms with Crippen molar-refractivity contribution in [1.29, 1.82) is 0 Å². The molecule has 0 aliphatic rings. The summed E-state index contributed by atoms with van der Waals surface area (Å²) < 4.78 is 5.68. The summed E-state index contributed by atoms with van der Waals surface area (Å²) in [6, 6.07) is 3.93. The van der Waals surface area contributed by atoms with Crippen molar-refractivity contribution in [2.24, 2.45) is 0 Å². The third kappa shape index (κ3) is 3.74. The van der Waals surface area contributed by atoms with Gasteiger partial charge in [0.1, 0.15) is 5.75 Å². The van der Waals surface area contributed by atoms with Crippen LogP contribution in [-0.4, -0.2) is 18.3 Å². The van der Waals surface area contributed by atoms with Crippen LogP contribution in [-0.2, 0) is 0 Å². The molecule has 0 heterocycles. The molecule has 0 saturated carbocycles. The van der Waals surface area contributed by atoms with Gasteiger partial charge in [-0.15, -0.1) is 0 Å². The van der Waals surface area contributed by atoms with Gasteiger partial charge in [-0.2, -0.15) is 0 Å². The molecule has 3 N–H and O–H groups in total. The highest BCUT2D eigenvalue weighted by molar-refractivity contribution is 5.53. The van der Waals surface area contributed by atoms with Gasteiger partial charge < -0.3 is 15.6 Å². The summed E-state index contributed by atoms with van der Waals surface area (Å²) in [5.41, 5.74) is 8.74. The predicted octanol–water partition coefficient (Wildman–Crippen LogP) is 2.43. The van der Waals surface area contributed by atoms with Crippen molar-refractivity contribution in [2.45, 2.75) is 33.1 Å². The highest BCUT2D eigenvalue weighted by Gasteiger charge is 2.02. The van der Waals surface area contributed by atoms with Crippen LogP contribution in [0.3, 0.4) is 0 Å². The van der Waals surface area contributed by atoms with Crippen molar-refractivity contribution in [3.8, 4) is 5.75 Å². The molecule has 0 amide bonds. The van der Waals surface area contributed by atoms with Crippen LogP contribution in [0.4, 0.5) is 5.69 Å². The first-order chi connectivity index (χ1) is 7.65. The van der Waals surface area contributed by atoms with E-state index in [4.69, 9.17) is 15.6 Å². The summed E-state index contributed by atoms with van der Waals surface area (Å²) in [6.07, 6.45) is 2.83. The molecule has 3 heteroatoms. The normalized spacial score (nSPS) is 10.4. The van der Waals surface area contributed by atoms with Gasteiger partial charge in [-0.25, -0.2) is 0 Å². The molecule has 90 valence electrons. The summed E-state index contributed by atoms with van der Waals surface area (Å²) in [5.74, 6) is 0.913. The summed E-state index contributed by atoms with van der Waals surface area (Å²) in [5, 5.41) is 8.64. The fourth-order valence-corrected chi connectivity index (χ4v) is 1.54. The predicted molar refractivity (Wildman–Crippen MR) is 66.8 cm³/mol. The van der Waals surface area contributed by atoms with Crippen LogP contribution in [0.25, 0.3) is 0 Å². The average molecular weight is 223 g/mol. The van der Waals surface area contributed by atoms with Gasteiger partial charge in [0.05, 0.1) is 6.61 Å². The molecule has 1 aromatic rings. The maximum absolute atomic E-state index is 8.64. The summed E-state index contributed by atoms with van der Waals surface area (Å²) in [6.45, 7) is 4.94. The molecular weight excluding hydrogens is 202 g/mol. The van der Waals surface area contributed by atoms with Gasteiger partial charge in [-0.1, -0.05) is 0 Å². The maximum atomic E-state index is 8.64. The molecule has 3 nitrogen and oxygen atoms in total. The van der Waals surface area contributed by atoms with Crippen LogP contribution in [0.2, 0.25) is 0 Å². The zero-order valence-corrected chi connectivity index (χ0v) is 10.1. The van der Waals surface area contributed by atoms with Crippen LogP contribution in [0, 0.1) is 13.8 Å². The molecule has 0 atom stereocenters. The lowest BCUT2D eigenvalue weighted by atomic mass is 10.1. The van der Waals surface area contributed by atoms with Crippen LogP contribution < -0.4 is 10.5 Å². The SMILES string of the molecule is Cc1cc(OCCCCCO)c(C)cc1N. The number of aliphatic hydroxyl groups excluding tert-OH is 1. The number of unbranched alkanes of at least 4 members (excludes halogenated alkanes) is 2. The van der Waals surface area contributed by atoms with Gasteiger partial charge in [0.25, 0.3) is 0 Å². The third-order valence-electron chi connectivity index (χ3n) is 2.62. The number of anilines is 1. The van der Waals surface area contributed by atoms with Gasteiger partial charge in [0, 0.05) is 12.3 Å². The Balaban J connectivity index is 2.45. The van der Waals surface area contributed by atoms with Crippen molar-refractivity contribution >= 4 is 5.69 Å². The molecule has 0 aliphatic heterocycles. The maximum Gasteiger partial charge on any atom is 0.122 e. The number of aliphatic hydroxyl groups is 1. The van der Waals surface area contributed by atoms with Crippen molar-refractivity contribution in [3.05, 3.63) is 23.3 Å². The van der Waals surface area contributed by atoms with E-state index in [9.17, 15) is 0 Å². The van der Waals surface area contributed by atoms with Crippen LogP contribution in [0.1, 0.15) is 30.4 Å². The standard InChI is InChI=1S/C13H21NO2/c1-10-9-13(11(2)8-12(10)14)16-7-5-3-4-6-15/h8-9,15H,3-7,14H2,1-2H3. The van der Waals surface area contributed by atoms with E-state index in [1.54, 1.807) is 0 Å². The minimum atomic E-state index is 0.264. The van der Waals surface area contributed by atoms with E-state index in [-0.39, 0.29) is 6.61 Å². The lowest BCUT2D eigenvalue weighted by Gasteiger charge is -2.11. The summed E-state index contributed by atoms with van der Waals surface area (Å²) >= 11 is 0. The Morgan fingerprint density at radius 1 is 1.12 bits per heavy atom. The van der Waals surface area contributed by atoms with Crippen molar-refractivity contribution in [3.63, 3.8) is 0 Å². The third-order valence-corrected chi connectivity index (χ3v) is 2.62. The van der Waals surface area contributed by atoms with E-state index in [1.165, 1.54) is 0 Å². The van der Waals surface area contributed by atoms with E-state index >= 15 is 0 Å². The quantitative estimate of drug-likeness (QED) is 0.575. The van der Waals surface area contributed by atoms with Crippen LogP contribution in [0.15, 0.2) is 12.1 Å². The molecule has 0 spiro atoms. The van der Waals surface area contributed by atoms with Gasteiger partial charge in [-0.3, -0.25) is 0 Å². The molecule has 0 aromatic heterocycles. The lowest BCUT2D eigenvalue weighted by Crippen LogP contribution is -2.01. The molecule has 1 aromatic carbocycles. The Hall–Kier alpha value is -1.22. The van der Waals surface area contributed by atoms with Gasteiger partial charge in [-0.05, 0) is 56.4 Å². The zero-order chi connectivity index (χ0) is 12.0. The first kappa shape index (κ1) is 12.8. The number of aryl methyl sites for hydroxylation is 2. The topological polar surface area (TPSA) is 55.5 Å². The van der Waals surface area contributed by atoms with E-state index in [1.807, 2.05) is 26.0 Å². The highest BCUT2D eigenvalue weighted by atomic mass is 16.5. The van der Waals surface area contributed by atoms with Crippen LogP contribution >= 0.6 is 0 Å². The molecule has 0 bridgehead atoms. The second-order valence-electron chi connectivity index (χ2n) is 4.11. The molecule has 16 heavy (non-hydrogen) atoms. The molecule has 0 unspecified atom stereocenters. The Bertz CT molecular complexity index is 337. The Labute approximate surface area is 97.2 Å². The Morgan fingerprint density at radius 2 is 1.88 bits per heavy atom. The first-order valence-corrected chi connectivity index (χ1v) is 5.75. The molecule has 1 rings (SSSR count). The number of hydrogen-bond acceptors (Lipinski definition) is 3. The number of ether oxygens (including phenoxy) is 1. The zero-order valence-electron chi connectivity index (χ0n) is 10.1. The highest BCUT2D eigenvalue weighted by Crippen LogP contribution is 2.24. The van der Waals surface area contributed by atoms with Gasteiger partial charge in [0.2, 0.25) is 0 Å². The largest absolute Gasteiger partial charge is 0.493 e. The lowest BCUT2D eigenvalue weighted by molar-refractivity contribution is 0.265. The molecule has 0 aliphatic carbocycles. The van der Waals surface area contributed by atoms with E-state index in [0.717, 1.165) is 41.8 Å². The van der Waals surface area contributed by atoms with E-state index in [2.05, 4.69) is 0 Å². The number of nitrogen functional groups attached to an aromatic ring is 1. The minimum absolute atomic E-state index is 0.264. The number of benzene rings is 1. The van der Waals surface area contributed by atoms with E-state index < -0.39 is 0 Å². The molecule has 0 radical (unpaired) electrons. The van der Waals surface area contributed by atoms with E-state index in [0.29, 0.717) is 6.61 Å². The second-order valence-corrected chi connectivity index (χ2v) is 4.11. The average Bonchev–Trinajstić information content (AvgIpc) is 2.25. The van der Waals surface area contributed by atoms with Gasteiger partial charge >= 0.3 is 0 Å². The smallest absolute Gasteiger partial charge is 0.122 e. The number of rotatable bonds is 6. The Morgan fingerprint density at radius 3 is 2.56 bits per heavy atom. The Kier molecular flexibility index (Phi) is 5.12. The fraction of sp³-hybridized carbons (Fsp3) is 0.538. The second kappa shape index (κ2) is 6.38. The summed E-state index contributed by atoms with van der Waals surface area (Å²) in [7, 11) is 0. The molecule has 0 saturated heterocycles. The minimum Gasteiger partial charge on any atom is -0.493 e. The van der Waals surface area contributed by atoms with Crippen molar-refractivity contribution in [1.82, 2.24) is 0 Å². The van der Waals surface area contributed by atoms with Crippen molar-refractivity contribution in [2.75, 3.05) is 18.9 Å². The number of nitrogens with two attached hydrogens (primary N) is 1. The summed E-state index contributed by atoms with van der Waals surface area (Å²) in [4.78, 5) is 0. The fourth-order valence-electron chi connectivity index (χ4n) is 1.54. The first-order valence-electron chi connectivity index (χ1n) is 5.75. The van der Waals surface area contributed by atoms with Crippen molar-refractivity contribution < 1.29 is 9.84 Å². The monoisotopic (exact) mass is 223 g/mol. The molecule has 0 fully saturated rings. The molecular formula is C13H21NO2. The van der Waals surface area contributed by atoms with Crippen LogP contribution in [0.5, 0.6) is 5.75 Å².